The summed E-state index contributed by atoms with van der Waals surface area (Å²) in [6, 6.07) is 0. The monoisotopic (exact) mass is 124 g/mol. The molecule has 0 spiro atoms. The molecule has 0 unspecified atom stereocenters. The van der Waals surface area contributed by atoms with E-state index >= 15 is 0 Å². The predicted molar refractivity (Wildman–Crippen MR) is 37.1 cm³/mol. The fourth-order valence-electron chi connectivity index (χ4n) is 1.20. The number of hydrogen-bond acceptors (Lipinski definition) is 1. The van der Waals surface area contributed by atoms with E-state index in [4.69, 9.17) is 6.57 Å². The minimum absolute atomic E-state index is 0.681. The van der Waals surface area contributed by atoms with Crippen molar-refractivity contribution in [2.24, 2.45) is 0 Å². The number of nitrogens with zero attached hydrogens (tertiary/aromatic N) is 2. The number of hydrogen-bond donors (Lipinski definition) is 0. The molecule has 1 fully saturated rings. The minimum Gasteiger partial charge on any atom is -0.316 e. The smallest absolute Gasteiger partial charge is 0.227 e. The number of likely N-dealkylation sites (tertiary alicyclic amines) is 1. The lowest BCUT2D eigenvalue weighted by atomic mass is 10.4. The van der Waals surface area contributed by atoms with Gasteiger partial charge >= 0.3 is 0 Å². The second-order valence-corrected chi connectivity index (χ2v) is 2.43. The van der Waals surface area contributed by atoms with Crippen LogP contribution in [0.4, 0.5) is 0 Å². The standard InChI is InChI=1S/C7H12N2/c1-8-4-7-9-5-2-3-6-9/h2-7H2. The molecule has 0 saturated carbocycles. The van der Waals surface area contributed by atoms with Crippen molar-refractivity contribution in [2.45, 2.75) is 12.8 Å². The Morgan fingerprint density at radius 1 is 1.33 bits per heavy atom. The first-order chi connectivity index (χ1) is 4.43. The molecule has 0 aromatic heterocycles. The fourth-order valence-corrected chi connectivity index (χ4v) is 1.20. The molecule has 0 radical (unpaired) electrons. The lowest BCUT2D eigenvalue weighted by Crippen LogP contribution is -2.21. The van der Waals surface area contributed by atoms with Crippen LogP contribution in [0.25, 0.3) is 4.85 Å². The van der Waals surface area contributed by atoms with Gasteiger partial charge in [0, 0.05) is 0 Å². The van der Waals surface area contributed by atoms with Crippen molar-refractivity contribution >= 4 is 0 Å². The fraction of sp³-hybridized carbons (Fsp3) is 0.857. The van der Waals surface area contributed by atoms with Crippen molar-refractivity contribution in [3.05, 3.63) is 11.4 Å². The lowest BCUT2D eigenvalue weighted by molar-refractivity contribution is 0.355. The van der Waals surface area contributed by atoms with E-state index in [0.717, 1.165) is 6.54 Å². The molecule has 0 aliphatic carbocycles. The van der Waals surface area contributed by atoms with Crippen LogP contribution in [0.5, 0.6) is 0 Å². The van der Waals surface area contributed by atoms with Crippen molar-refractivity contribution in [3.8, 4) is 0 Å². The Labute approximate surface area is 56.3 Å². The highest BCUT2D eigenvalue weighted by Gasteiger charge is 2.10. The Morgan fingerprint density at radius 3 is 2.56 bits per heavy atom. The topological polar surface area (TPSA) is 7.60 Å². The summed E-state index contributed by atoms with van der Waals surface area (Å²) in [5, 5.41) is 0. The summed E-state index contributed by atoms with van der Waals surface area (Å²) in [6.07, 6.45) is 2.66. The zero-order valence-corrected chi connectivity index (χ0v) is 5.64. The Hall–Kier alpha value is -0.550. The first-order valence-electron chi connectivity index (χ1n) is 3.49. The summed E-state index contributed by atoms with van der Waals surface area (Å²) in [7, 11) is 0. The Morgan fingerprint density at radius 2 is 2.00 bits per heavy atom. The van der Waals surface area contributed by atoms with Gasteiger partial charge in [-0.3, -0.25) is 4.90 Å². The third kappa shape index (κ3) is 2.03. The van der Waals surface area contributed by atoms with Crippen LogP contribution in [0.15, 0.2) is 0 Å². The van der Waals surface area contributed by atoms with Crippen LogP contribution in [0.2, 0.25) is 0 Å². The molecule has 0 N–H and O–H groups in total. The van der Waals surface area contributed by atoms with Gasteiger partial charge in [0.15, 0.2) is 0 Å². The highest BCUT2D eigenvalue weighted by Crippen LogP contribution is 2.05. The van der Waals surface area contributed by atoms with Gasteiger partial charge in [-0.25, -0.2) is 6.57 Å². The summed E-state index contributed by atoms with van der Waals surface area (Å²) >= 11 is 0. The molecule has 1 saturated heterocycles. The van der Waals surface area contributed by atoms with Gasteiger partial charge < -0.3 is 4.85 Å². The van der Waals surface area contributed by atoms with Gasteiger partial charge in [0.05, 0.1) is 6.54 Å². The maximum atomic E-state index is 6.56. The summed E-state index contributed by atoms with van der Waals surface area (Å²) in [5.41, 5.74) is 0. The number of rotatable bonds is 2. The largest absolute Gasteiger partial charge is 0.316 e. The van der Waals surface area contributed by atoms with Crippen molar-refractivity contribution < 1.29 is 0 Å². The van der Waals surface area contributed by atoms with Crippen molar-refractivity contribution in [1.82, 2.24) is 4.90 Å². The highest BCUT2D eigenvalue weighted by atomic mass is 15.1. The first kappa shape index (κ1) is 6.57. The minimum atomic E-state index is 0.681. The predicted octanol–water partition coefficient (Wildman–Crippen LogP) is 1.00. The SMILES string of the molecule is [C-]#[N+]CCN1CCCC1. The van der Waals surface area contributed by atoms with Crippen LogP contribution in [-0.2, 0) is 0 Å². The molecule has 2 nitrogen and oxygen atoms in total. The zero-order valence-electron chi connectivity index (χ0n) is 5.64. The van der Waals surface area contributed by atoms with Crippen molar-refractivity contribution in [1.29, 1.82) is 0 Å². The molecular formula is C7H12N2. The van der Waals surface area contributed by atoms with Crippen molar-refractivity contribution in [2.75, 3.05) is 26.2 Å². The molecule has 0 atom stereocenters. The van der Waals surface area contributed by atoms with Gasteiger partial charge in [-0.05, 0) is 25.9 Å². The van der Waals surface area contributed by atoms with Gasteiger partial charge in [0.25, 0.3) is 0 Å². The Kier molecular flexibility index (Phi) is 2.53. The quantitative estimate of drug-likeness (QED) is 0.498. The van der Waals surface area contributed by atoms with E-state index in [9.17, 15) is 0 Å². The third-order valence-electron chi connectivity index (χ3n) is 1.73. The van der Waals surface area contributed by atoms with E-state index in [2.05, 4.69) is 9.74 Å². The Bertz CT molecular complexity index is 109. The molecule has 1 aliphatic rings. The normalized spacial score (nSPS) is 19.9. The van der Waals surface area contributed by atoms with E-state index in [1.54, 1.807) is 0 Å². The molecule has 0 aromatic rings. The first-order valence-corrected chi connectivity index (χ1v) is 3.49. The average molecular weight is 124 g/mol. The summed E-state index contributed by atoms with van der Waals surface area (Å²) < 4.78 is 0. The van der Waals surface area contributed by atoms with Gasteiger partial charge in [0.1, 0.15) is 0 Å². The van der Waals surface area contributed by atoms with Gasteiger partial charge in [-0.2, -0.15) is 0 Å². The molecule has 1 rings (SSSR count). The molecule has 0 aromatic carbocycles. The van der Waals surface area contributed by atoms with E-state index in [0.29, 0.717) is 6.54 Å². The van der Waals surface area contributed by atoms with Crippen LogP contribution in [0.1, 0.15) is 12.8 Å². The molecule has 0 amide bonds. The molecule has 50 valence electrons. The third-order valence-corrected chi connectivity index (χ3v) is 1.73. The van der Waals surface area contributed by atoms with E-state index < -0.39 is 0 Å². The maximum absolute atomic E-state index is 6.56. The molecule has 2 heteroatoms. The molecule has 1 heterocycles. The molecule has 9 heavy (non-hydrogen) atoms. The van der Waals surface area contributed by atoms with Crippen molar-refractivity contribution in [3.63, 3.8) is 0 Å². The summed E-state index contributed by atoms with van der Waals surface area (Å²) in [4.78, 5) is 5.67. The van der Waals surface area contributed by atoms with E-state index in [1.165, 1.54) is 25.9 Å². The second-order valence-electron chi connectivity index (χ2n) is 2.43. The Balaban J connectivity index is 2.06. The lowest BCUT2D eigenvalue weighted by Gasteiger charge is -2.08. The van der Waals surface area contributed by atoms with Gasteiger partial charge in [-0.15, -0.1) is 0 Å². The zero-order chi connectivity index (χ0) is 6.53. The molecular weight excluding hydrogens is 112 g/mol. The van der Waals surface area contributed by atoms with Crippen LogP contribution in [-0.4, -0.2) is 31.1 Å². The summed E-state index contributed by atoms with van der Waals surface area (Å²) in [6.45, 7) is 10.7. The maximum Gasteiger partial charge on any atom is 0.227 e. The van der Waals surface area contributed by atoms with Crippen LogP contribution < -0.4 is 0 Å². The summed E-state index contributed by atoms with van der Waals surface area (Å²) in [5.74, 6) is 0. The van der Waals surface area contributed by atoms with E-state index in [-0.39, 0.29) is 0 Å². The average Bonchev–Trinajstić information content (AvgIpc) is 2.34. The molecule has 1 aliphatic heterocycles. The highest BCUT2D eigenvalue weighted by molar-refractivity contribution is 4.70. The van der Waals surface area contributed by atoms with Crippen LogP contribution in [0, 0.1) is 6.57 Å². The van der Waals surface area contributed by atoms with E-state index in [1.807, 2.05) is 0 Å². The molecule has 0 bridgehead atoms. The van der Waals surface area contributed by atoms with Crippen LogP contribution >= 0.6 is 0 Å². The second kappa shape index (κ2) is 3.47. The van der Waals surface area contributed by atoms with Crippen LogP contribution in [0.3, 0.4) is 0 Å². The van der Waals surface area contributed by atoms with Gasteiger partial charge in [0.2, 0.25) is 6.54 Å². The van der Waals surface area contributed by atoms with Gasteiger partial charge in [-0.1, -0.05) is 0 Å².